The third-order valence-corrected chi connectivity index (χ3v) is 2.27. The van der Waals surface area contributed by atoms with Gasteiger partial charge in [0.2, 0.25) is 0 Å². The predicted molar refractivity (Wildman–Crippen MR) is 36.9 cm³/mol. The molecule has 0 bridgehead atoms. The lowest BCUT2D eigenvalue weighted by atomic mass is 9.84. The first kappa shape index (κ1) is 10.1. The van der Waals surface area contributed by atoms with Crippen LogP contribution in [-0.2, 0) is 9.59 Å². The van der Waals surface area contributed by atoms with Crippen molar-refractivity contribution in [2.45, 2.75) is 31.6 Å². The number of ketones is 1. The topological polar surface area (TPSA) is 57.2 Å². The molecule has 13 heavy (non-hydrogen) atoms. The first-order chi connectivity index (χ1) is 5.94. The Balaban J connectivity index is 2.70. The van der Waals surface area contributed by atoms with Crippen molar-refractivity contribution in [3.63, 3.8) is 0 Å². The highest BCUT2D eigenvalue weighted by atomic mass is 19.3. The SMILES string of the molecule is O=C1CCCC(C(F)(F)C(=O)[O-])C1. The number of halogens is 2. The van der Waals surface area contributed by atoms with E-state index in [1.54, 1.807) is 0 Å². The highest BCUT2D eigenvalue weighted by molar-refractivity contribution is 5.81. The zero-order chi connectivity index (χ0) is 10.1. The molecule has 0 radical (unpaired) electrons. The van der Waals surface area contributed by atoms with Gasteiger partial charge >= 0.3 is 0 Å². The molecule has 1 aliphatic carbocycles. The number of hydrogen-bond acceptors (Lipinski definition) is 3. The number of hydrogen-bond donors (Lipinski definition) is 0. The molecule has 3 nitrogen and oxygen atoms in total. The molecule has 1 fully saturated rings. The van der Waals surface area contributed by atoms with Gasteiger partial charge in [-0.2, -0.15) is 8.78 Å². The quantitative estimate of drug-likeness (QED) is 0.623. The maximum Gasteiger partial charge on any atom is 0.290 e. The van der Waals surface area contributed by atoms with Crippen LogP contribution in [0.2, 0.25) is 0 Å². The lowest BCUT2D eigenvalue weighted by molar-refractivity contribution is -0.334. The molecule has 0 N–H and O–H groups in total. The van der Waals surface area contributed by atoms with E-state index in [9.17, 15) is 23.5 Å². The average molecular weight is 191 g/mol. The van der Waals surface area contributed by atoms with Crippen LogP contribution in [0, 0.1) is 5.92 Å². The van der Waals surface area contributed by atoms with Gasteiger partial charge in [-0.25, -0.2) is 0 Å². The Morgan fingerprint density at radius 2 is 2.15 bits per heavy atom. The standard InChI is InChI=1S/C8H10F2O3/c9-8(10,7(12)13)5-2-1-3-6(11)4-5/h5H,1-4H2,(H,12,13)/p-1. The highest BCUT2D eigenvalue weighted by Gasteiger charge is 2.43. The van der Waals surface area contributed by atoms with Gasteiger partial charge in [-0.3, -0.25) is 4.79 Å². The zero-order valence-electron chi connectivity index (χ0n) is 6.89. The van der Waals surface area contributed by atoms with Crippen LogP contribution >= 0.6 is 0 Å². The van der Waals surface area contributed by atoms with E-state index in [1.807, 2.05) is 0 Å². The van der Waals surface area contributed by atoms with E-state index < -0.39 is 17.8 Å². The second-order valence-corrected chi connectivity index (χ2v) is 3.24. The fraction of sp³-hybridized carbons (Fsp3) is 0.750. The molecule has 0 spiro atoms. The van der Waals surface area contributed by atoms with E-state index in [2.05, 4.69) is 0 Å². The van der Waals surface area contributed by atoms with Crippen molar-refractivity contribution in [1.29, 1.82) is 0 Å². The fourth-order valence-corrected chi connectivity index (χ4v) is 1.50. The third kappa shape index (κ3) is 2.02. The summed E-state index contributed by atoms with van der Waals surface area (Å²) in [4.78, 5) is 20.9. The Hall–Kier alpha value is -1.00. The monoisotopic (exact) mass is 191 g/mol. The van der Waals surface area contributed by atoms with Crippen molar-refractivity contribution in [2.24, 2.45) is 5.92 Å². The molecule has 74 valence electrons. The third-order valence-electron chi connectivity index (χ3n) is 2.27. The Morgan fingerprint density at radius 1 is 1.54 bits per heavy atom. The summed E-state index contributed by atoms with van der Waals surface area (Å²) in [6, 6.07) is 0. The number of alkyl halides is 2. The molecular weight excluding hydrogens is 182 g/mol. The minimum Gasteiger partial charge on any atom is -0.544 e. The zero-order valence-corrected chi connectivity index (χ0v) is 6.89. The normalized spacial score (nSPS) is 24.5. The molecule has 5 heteroatoms. The lowest BCUT2D eigenvalue weighted by Gasteiger charge is -2.29. The van der Waals surface area contributed by atoms with E-state index >= 15 is 0 Å². The van der Waals surface area contributed by atoms with Gasteiger partial charge in [-0.15, -0.1) is 0 Å². The van der Waals surface area contributed by atoms with Crippen molar-refractivity contribution in [2.75, 3.05) is 0 Å². The molecule has 1 rings (SSSR count). The Bertz CT molecular complexity index is 238. The van der Waals surface area contributed by atoms with Gasteiger partial charge in [-0.05, 0) is 12.8 Å². The Morgan fingerprint density at radius 3 is 2.62 bits per heavy atom. The van der Waals surface area contributed by atoms with Crippen LogP contribution in [-0.4, -0.2) is 17.7 Å². The first-order valence-electron chi connectivity index (χ1n) is 4.05. The number of carbonyl (C=O) groups excluding carboxylic acids is 2. The highest BCUT2D eigenvalue weighted by Crippen LogP contribution is 2.34. The predicted octanol–water partition coefficient (Wildman–Crippen LogP) is 0.131. The maximum absolute atomic E-state index is 12.8. The van der Waals surface area contributed by atoms with Gasteiger partial charge in [0.25, 0.3) is 5.92 Å². The molecule has 0 amide bonds. The van der Waals surface area contributed by atoms with E-state index in [-0.39, 0.29) is 25.0 Å². The van der Waals surface area contributed by atoms with Crippen LogP contribution in [0.3, 0.4) is 0 Å². The molecular formula is C8H9F2O3-. The second-order valence-electron chi connectivity index (χ2n) is 3.24. The number of carboxylic acid groups (broad SMARTS) is 1. The van der Waals surface area contributed by atoms with Gasteiger partial charge < -0.3 is 9.90 Å². The van der Waals surface area contributed by atoms with Gasteiger partial charge in [0, 0.05) is 18.8 Å². The van der Waals surface area contributed by atoms with E-state index in [0.29, 0.717) is 6.42 Å². The van der Waals surface area contributed by atoms with Crippen molar-refractivity contribution in [3.05, 3.63) is 0 Å². The van der Waals surface area contributed by atoms with Crippen LogP contribution in [0.1, 0.15) is 25.7 Å². The summed E-state index contributed by atoms with van der Waals surface area (Å²) in [5, 5.41) is 10.1. The summed E-state index contributed by atoms with van der Waals surface area (Å²) in [7, 11) is 0. The summed E-state index contributed by atoms with van der Waals surface area (Å²) >= 11 is 0. The minimum absolute atomic E-state index is 0.0761. The summed E-state index contributed by atoms with van der Waals surface area (Å²) in [6.07, 6.45) is 0.347. The Kier molecular flexibility index (Phi) is 2.63. The summed E-state index contributed by atoms with van der Waals surface area (Å²) in [5.41, 5.74) is 0. The smallest absolute Gasteiger partial charge is 0.290 e. The summed E-state index contributed by atoms with van der Waals surface area (Å²) in [6.45, 7) is 0. The minimum atomic E-state index is -3.86. The van der Waals surface area contributed by atoms with Gasteiger partial charge in [-0.1, -0.05) is 0 Å². The summed E-state index contributed by atoms with van der Waals surface area (Å²) < 4.78 is 25.6. The number of carbonyl (C=O) groups is 2. The van der Waals surface area contributed by atoms with E-state index in [4.69, 9.17) is 0 Å². The molecule has 1 aliphatic rings. The molecule has 0 aromatic carbocycles. The van der Waals surface area contributed by atoms with Crippen molar-refractivity contribution >= 4 is 11.8 Å². The number of rotatable bonds is 2. The second kappa shape index (κ2) is 3.40. The summed E-state index contributed by atoms with van der Waals surface area (Å²) in [5.74, 6) is -7.92. The lowest BCUT2D eigenvalue weighted by Crippen LogP contribution is -2.48. The van der Waals surface area contributed by atoms with E-state index in [1.165, 1.54) is 0 Å². The average Bonchev–Trinajstić information content (AvgIpc) is 2.04. The van der Waals surface area contributed by atoms with Crippen LogP contribution < -0.4 is 5.11 Å². The largest absolute Gasteiger partial charge is 0.544 e. The Labute approximate surface area is 73.7 Å². The molecule has 0 aliphatic heterocycles. The van der Waals surface area contributed by atoms with Crippen molar-refractivity contribution in [1.82, 2.24) is 0 Å². The number of Topliss-reactive ketones (excluding diaryl/α,β-unsaturated/α-hetero) is 1. The molecule has 0 aromatic rings. The number of aliphatic carboxylic acids is 1. The molecule has 0 saturated heterocycles. The maximum atomic E-state index is 12.8. The van der Waals surface area contributed by atoms with Crippen molar-refractivity contribution in [3.8, 4) is 0 Å². The van der Waals surface area contributed by atoms with Crippen molar-refractivity contribution < 1.29 is 23.5 Å². The van der Waals surface area contributed by atoms with E-state index in [0.717, 1.165) is 0 Å². The van der Waals surface area contributed by atoms with Crippen LogP contribution in [0.15, 0.2) is 0 Å². The molecule has 0 heterocycles. The first-order valence-corrected chi connectivity index (χ1v) is 4.05. The number of carboxylic acids is 1. The van der Waals surface area contributed by atoms with Crippen LogP contribution in [0.25, 0.3) is 0 Å². The van der Waals surface area contributed by atoms with Gasteiger partial charge in [0.05, 0.1) is 0 Å². The molecule has 1 atom stereocenters. The fourth-order valence-electron chi connectivity index (χ4n) is 1.50. The van der Waals surface area contributed by atoms with Gasteiger partial charge in [0.15, 0.2) is 0 Å². The molecule has 1 unspecified atom stereocenters. The molecule has 0 aromatic heterocycles. The molecule has 1 saturated carbocycles. The van der Waals surface area contributed by atoms with Crippen LogP contribution in [0.5, 0.6) is 0 Å². The van der Waals surface area contributed by atoms with Gasteiger partial charge in [0.1, 0.15) is 11.8 Å². The van der Waals surface area contributed by atoms with Crippen LogP contribution in [0.4, 0.5) is 8.78 Å².